The third-order valence-corrected chi connectivity index (χ3v) is 10.5. The molecular weight excluding hydrogens is 628 g/mol. The van der Waals surface area contributed by atoms with Crippen LogP contribution in [0.25, 0.3) is 0 Å². The second-order valence-electron chi connectivity index (χ2n) is 13.1. The standard InChI is InChI=1S/C38H40N2O9/c1-5-47-32(41)19-29-30-20-37(30,34-36(29,44)21-31(48-34)40-22-23(2)33(42)39-35(40)43)49-38(24-9-7-6-8-10-24,25-11-15-27(45-3)16-12-25)26-13-17-28(46-4)18-14-26/h6-18,22,29-31,34,44H,5,19-21H2,1-4H3,(H,39,42,43)/t29-,30?,31+,34?,36+,37+/m0/s1. The third-order valence-electron chi connectivity index (χ3n) is 10.5. The van der Waals surface area contributed by atoms with E-state index in [4.69, 9.17) is 23.7 Å². The molecule has 256 valence electrons. The number of methoxy groups -OCH3 is 2. The first-order chi connectivity index (χ1) is 23.6. The van der Waals surface area contributed by atoms with E-state index in [1.165, 1.54) is 10.8 Å². The minimum absolute atomic E-state index is 0.0121. The molecule has 0 amide bonds. The molecule has 11 nitrogen and oxygen atoms in total. The molecule has 3 aliphatic rings. The molecule has 2 heterocycles. The Kier molecular flexibility index (Phi) is 8.25. The van der Waals surface area contributed by atoms with Gasteiger partial charge in [-0.15, -0.1) is 0 Å². The SMILES string of the molecule is CCOC(=O)C[C@H]1C2C[C@]2(OC(c2ccccc2)(c2ccc(OC)cc2)c2ccc(OC)cc2)C2O[C@@H](n3cc(C)c(=O)[nH]c3=O)C[C@]21O. The van der Waals surface area contributed by atoms with Gasteiger partial charge < -0.3 is 28.8 Å². The van der Waals surface area contributed by atoms with Crippen LogP contribution in [-0.2, 0) is 24.6 Å². The molecule has 4 aromatic rings. The molecule has 1 aliphatic heterocycles. The smallest absolute Gasteiger partial charge is 0.330 e. The first-order valence-electron chi connectivity index (χ1n) is 16.5. The fourth-order valence-electron chi connectivity index (χ4n) is 8.15. The van der Waals surface area contributed by atoms with Crippen LogP contribution in [0, 0.1) is 18.8 Å². The highest BCUT2D eigenvalue weighted by Gasteiger charge is 2.82. The van der Waals surface area contributed by atoms with Crippen LogP contribution in [0.1, 0.15) is 54.7 Å². The van der Waals surface area contributed by atoms with Gasteiger partial charge in [-0.2, -0.15) is 0 Å². The van der Waals surface area contributed by atoms with Crippen molar-refractivity contribution in [3.63, 3.8) is 0 Å². The average Bonchev–Trinajstić information content (AvgIpc) is 3.65. The maximum absolute atomic E-state index is 13.0. The number of H-pyrrole nitrogens is 1. The van der Waals surface area contributed by atoms with Gasteiger partial charge in [0.05, 0.1) is 27.2 Å². The number of aromatic amines is 1. The van der Waals surface area contributed by atoms with Crippen molar-refractivity contribution < 1.29 is 33.6 Å². The van der Waals surface area contributed by atoms with Gasteiger partial charge in [-0.05, 0) is 67.1 Å². The highest BCUT2D eigenvalue weighted by Crippen LogP contribution is 2.72. The second-order valence-corrected chi connectivity index (χ2v) is 13.1. The van der Waals surface area contributed by atoms with E-state index in [1.807, 2.05) is 78.9 Å². The zero-order chi connectivity index (χ0) is 34.6. The molecule has 3 fully saturated rings. The lowest BCUT2D eigenvalue weighted by Gasteiger charge is -2.41. The van der Waals surface area contributed by atoms with E-state index < -0.39 is 52.3 Å². The predicted molar refractivity (Wildman–Crippen MR) is 179 cm³/mol. The van der Waals surface area contributed by atoms with Gasteiger partial charge in [-0.3, -0.25) is 19.1 Å². The predicted octanol–water partition coefficient (Wildman–Crippen LogP) is 4.23. The molecule has 2 aliphatic carbocycles. The number of aliphatic hydroxyl groups is 1. The summed E-state index contributed by atoms with van der Waals surface area (Å²) >= 11 is 0. The van der Waals surface area contributed by atoms with Crippen molar-refractivity contribution >= 4 is 5.97 Å². The third kappa shape index (κ3) is 5.27. The second kappa shape index (κ2) is 12.3. The highest BCUT2D eigenvalue weighted by molar-refractivity contribution is 5.70. The summed E-state index contributed by atoms with van der Waals surface area (Å²) in [5.74, 6) is 0.0813. The Balaban J connectivity index is 1.40. The Morgan fingerprint density at radius 1 is 0.939 bits per heavy atom. The minimum atomic E-state index is -1.55. The minimum Gasteiger partial charge on any atom is -0.497 e. The molecule has 1 saturated heterocycles. The Bertz CT molecular complexity index is 1910. The van der Waals surface area contributed by atoms with Gasteiger partial charge in [0, 0.05) is 24.1 Å². The van der Waals surface area contributed by atoms with E-state index in [-0.39, 0.29) is 25.4 Å². The summed E-state index contributed by atoms with van der Waals surface area (Å²) in [4.78, 5) is 40.6. The molecule has 1 aromatic heterocycles. The fourth-order valence-corrected chi connectivity index (χ4v) is 8.15. The maximum Gasteiger partial charge on any atom is 0.330 e. The summed E-state index contributed by atoms with van der Waals surface area (Å²) < 4.78 is 32.0. The Morgan fingerprint density at radius 2 is 1.53 bits per heavy atom. The van der Waals surface area contributed by atoms with Crippen LogP contribution in [0.15, 0.2) is 94.6 Å². The molecule has 2 unspecified atom stereocenters. The summed E-state index contributed by atoms with van der Waals surface area (Å²) in [5, 5.41) is 12.6. The normalized spacial score (nSPS) is 26.9. The summed E-state index contributed by atoms with van der Waals surface area (Å²) in [6, 6.07) is 25.2. The van der Waals surface area contributed by atoms with Crippen LogP contribution in [0.2, 0.25) is 0 Å². The van der Waals surface area contributed by atoms with E-state index in [0.29, 0.717) is 23.5 Å². The Hall–Kier alpha value is -4.71. The molecule has 0 spiro atoms. The number of nitrogens with one attached hydrogen (secondary N) is 1. The van der Waals surface area contributed by atoms with Crippen LogP contribution >= 0.6 is 0 Å². The van der Waals surface area contributed by atoms with Gasteiger partial charge in [-0.25, -0.2) is 4.79 Å². The maximum atomic E-state index is 13.0. The van der Waals surface area contributed by atoms with Gasteiger partial charge in [0.2, 0.25) is 0 Å². The zero-order valence-corrected chi connectivity index (χ0v) is 27.9. The number of rotatable bonds is 11. The lowest BCUT2D eigenvalue weighted by Crippen LogP contribution is -2.50. The number of benzene rings is 3. The number of ether oxygens (including phenoxy) is 5. The lowest BCUT2D eigenvalue weighted by atomic mass is 9.79. The number of aryl methyl sites for hydroxylation is 1. The summed E-state index contributed by atoms with van der Waals surface area (Å²) in [7, 11) is 3.22. The van der Waals surface area contributed by atoms with Crippen LogP contribution in [-0.4, -0.2) is 58.8 Å². The van der Waals surface area contributed by atoms with Crippen molar-refractivity contribution in [3.8, 4) is 11.5 Å². The molecule has 11 heteroatoms. The lowest BCUT2D eigenvalue weighted by molar-refractivity contribution is -0.168. The molecular formula is C38H40N2O9. The zero-order valence-electron chi connectivity index (χ0n) is 27.9. The van der Waals surface area contributed by atoms with Gasteiger partial charge in [0.15, 0.2) is 0 Å². The number of hydrogen-bond acceptors (Lipinski definition) is 9. The summed E-state index contributed by atoms with van der Waals surface area (Å²) in [6.45, 7) is 3.55. The monoisotopic (exact) mass is 668 g/mol. The van der Waals surface area contributed by atoms with Crippen molar-refractivity contribution in [2.75, 3.05) is 20.8 Å². The largest absolute Gasteiger partial charge is 0.497 e. The summed E-state index contributed by atoms with van der Waals surface area (Å²) in [5.41, 5.74) is -2.20. The molecule has 7 rings (SSSR count). The molecule has 49 heavy (non-hydrogen) atoms. The van der Waals surface area contributed by atoms with E-state index >= 15 is 0 Å². The van der Waals surface area contributed by atoms with Gasteiger partial charge in [0.25, 0.3) is 5.56 Å². The van der Waals surface area contributed by atoms with Crippen LogP contribution < -0.4 is 20.7 Å². The number of nitrogens with zero attached hydrogens (tertiary/aromatic N) is 1. The molecule has 0 radical (unpaired) electrons. The van der Waals surface area contributed by atoms with E-state index in [1.54, 1.807) is 28.1 Å². The Morgan fingerprint density at radius 3 is 2.10 bits per heavy atom. The van der Waals surface area contributed by atoms with Gasteiger partial charge in [-0.1, -0.05) is 54.6 Å². The number of carbonyl (C=O) groups is 1. The van der Waals surface area contributed by atoms with Crippen molar-refractivity contribution in [1.82, 2.24) is 9.55 Å². The number of fused-ring (bicyclic) bond motifs is 3. The molecule has 6 atom stereocenters. The van der Waals surface area contributed by atoms with Crippen molar-refractivity contribution in [2.24, 2.45) is 11.8 Å². The first-order valence-corrected chi connectivity index (χ1v) is 16.5. The van der Waals surface area contributed by atoms with Crippen LogP contribution in [0.5, 0.6) is 11.5 Å². The number of esters is 1. The first kappa shape index (κ1) is 32.8. The average molecular weight is 669 g/mol. The van der Waals surface area contributed by atoms with Crippen molar-refractivity contribution in [1.29, 1.82) is 0 Å². The van der Waals surface area contributed by atoms with Gasteiger partial charge in [0.1, 0.15) is 40.6 Å². The molecule has 3 aromatic carbocycles. The van der Waals surface area contributed by atoms with Gasteiger partial charge >= 0.3 is 11.7 Å². The number of carbonyl (C=O) groups excluding carboxylic acids is 1. The van der Waals surface area contributed by atoms with Crippen LogP contribution in [0.4, 0.5) is 0 Å². The van der Waals surface area contributed by atoms with E-state index in [9.17, 15) is 19.5 Å². The molecule has 2 N–H and O–H groups in total. The van der Waals surface area contributed by atoms with Crippen molar-refractivity contribution in [3.05, 3.63) is 128 Å². The van der Waals surface area contributed by atoms with E-state index in [2.05, 4.69) is 4.98 Å². The van der Waals surface area contributed by atoms with E-state index in [0.717, 1.165) is 16.7 Å². The molecule has 2 saturated carbocycles. The Labute approximate surface area is 283 Å². The highest BCUT2D eigenvalue weighted by atomic mass is 16.6. The topological polar surface area (TPSA) is 138 Å². The molecule has 0 bridgehead atoms. The fraction of sp³-hybridized carbons (Fsp3) is 0.395. The van der Waals surface area contributed by atoms with Crippen molar-refractivity contribution in [2.45, 2.75) is 62.2 Å². The van der Waals surface area contributed by atoms with Crippen LogP contribution in [0.3, 0.4) is 0 Å². The quantitative estimate of drug-likeness (QED) is 0.178. The summed E-state index contributed by atoms with van der Waals surface area (Å²) in [6.07, 6.45) is 0.0636. The number of hydrogen-bond donors (Lipinski definition) is 2. The number of aromatic nitrogens is 2.